The lowest BCUT2D eigenvalue weighted by molar-refractivity contribution is 0.0464. The van der Waals surface area contributed by atoms with Crippen LogP contribution in [0.3, 0.4) is 0 Å². The van der Waals surface area contributed by atoms with Crippen molar-refractivity contribution in [2.45, 2.75) is 64.0 Å². The molecule has 0 spiro atoms. The quantitative estimate of drug-likeness (QED) is 0.915. The van der Waals surface area contributed by atoms with Crippen LogP contribution in [0, 0.1) is 0 Å². The maximum atomic E-state index is 10.9. The summed E-state index contributed by atoms with van der Waals surface area (Å²) in [6.07, 6.45) is 8.49. The normalized spacial score (nSPS) is 22.0. The average Bonchev–Trinajstić information content (AvgIpc) is 2.54. The van der Waals surface area contributed by atoms with Crippen LogP contribution < -0.4 is 0 Å². The van der Waals surface area contributed by atoms with Crippen molar-refractivity contribution in [3.63, 3.8) is 0 Å². The third kappa shape index (κ3) is 3.61. The van der Waals surface area contributed by atoms with Gasteiger partial charge in [0, 0.05) is 6.04 Å². The fourth-order valence-electron chi connectivity index (χ4n) is 3.87. The minimum atomic E-state index is -0.332. The Morgan fingerprint density at radius 1 is 1.00 bits per heavy atom. The molecule has 1 fully saturated rings. The Labute approximate surface area is 135 Å². The zero-order valence-corrected chi connectivity index (χ0v) is 13.9. The van der Waals surface area contributed by atoms with Crippen molar-refractivity contribution in [2.24, 2.45) is 0 Å². The number of halogens is 1. The first-order valence-corrected chi connectivity index (χ1v) is 8.30. The van der Waals surface area contributed by atoms with Crippen LogP contribution in [0.4, 0.5) is 0 Å². The SMILES string of the molecule is CC(C(O)c1cccc2c1CCCC2)N1CCCCC1.Cl. The summed E-state index contributed by atoms with van der Waals surface area (Å²) in [5, 5.41) is 10.9. The number of benzene rings is 1. The highest BCUT2D eigenvalue weighted by Gasteiger charge is 2.27. The van der Waals surface area contributed by atoms with Gasteiger partial charge in [0.2, 0.25) is 0 Å². The fraction of sp³-hybridized carbons (Fsp3) is 0.667. The second-order valence-electron chi connectivity index (χ2n) is 6.47. The molecule has 1 N–H and O–H groups in total. The molecule has 0 amide bonds. The van der Waals surface area contributed by atoms with Crippen molar-refractivity contribution < 1.29 is 5.11 Å². The smallest absolute Gasteiger partial charge is 0.0945 e. The predicted molar refractivity (Wildman–Crippen MR) is 90.2 cm³/mol. The third-order valence-electron chi connectivity index (χ3n) is 5.17. The van der Waals surface area contributed by atoms with Gasteiger partial charge >= 0.3 is 0 Å². The lowest BCUT2D eigenvalue weighted by Crippen LogP contribution is -2.41. The first kappa shape index (κ1) is 16.8. The molecule has 0 saturated carbocycles. The number of hydrogen-bond donors (Lipinski definition) is 1. The van der Waals surface area contributed by atoms with Gasteiger partial charge in [-0.3, -0.25) is 4.90 Å². The number of aliphatic hydroxyl groups excluding tert-OH is 1. The number of hydrogen-bond acceptors (Lipinski definition) is 2. The maximum Gasteiger partial charge on any atom is 0.0945 e. The molecule has 3 rings (SSSR count). The van der Waals surface area contributed by atoms with E-state index in [4.69, 9.17) is 0 Å². The number of likely N-dealkylation sites (tertiary alicyclic amines) is 1. The summed E-state index contributed by atoms with van der Waals surface area (Å²) in [5.74, 6) is 0. The van der Waals surface area contributed by atoms with Crippen LogP contribution in [-0.4, -0.2) is 29.1 Å². The molecule has 3 heteroatoms. The van der Waals surface area contributed by atoms with Crippen molar-refractivity contribution in [1.29, 1.82) is 0 Å². The van der Waals surface area contributed by atoms with Crippen molar-refractivity contribution in [3.8, 4) is 0 Å². The van der Waals surface area contributed by atoms with E-state index < -0.39 is 0 Å². The predicted octanol–water partition coefficient (Wildman–Crippen LogP) is 3.90. The summed E-state index contributed by atoms with van der Waals surface area (Å²) in [6.45, 7) is 4.48. The van der Waals surface area contributed by atoms with E-state index in [1.54, 1.807) is 0 Å². The zero-order chi connectivity index (χ0) is 13.9. The number of piperidine rings is 1. The minimum Gasteiger partial charge on any atom is -0.387 e. The minimum absolute atomic E-state index is 0. The highest BCUT2D eigenvalue weighted by molar-refractivity contribution is 5.85. The molecule has 118 valence electrons. The van der Waals surface area contributed by atoms with Gasteiger partial charge in [0.05, 0.1) is 6.10 Å². The fourth-order valence-corrected chi connectivity index (χ4v) is 3.87. The molecule has 1 heterocycles. The van der Waals surface area contributed by atoms with Gasteiger partial charge in [-0.15, -0.1) is 12.4 Å². The lowest BCUT2D eigenvalue weighted by Gasteiger charge is -2.36. The van der Waals surface area contributed by atoms with E-state index in [0.717, 1.165) is 19.5 Å². The molecule has 1 saturated heterocycles. The van der Waals surface area contributed by atoms with E-state index in [0.29, 0.717) is 0 Å². The third-order valence-corrected chi connectivity index (χ3v) is 5.17. The standard InChI is InChI=1S/C18H27NO.ClH/c1-14(19-12-5-2-6-13-19)18(20)17-11-7-9-15-8-3-4-10-16(15)17;/h7,9,11,14,18,20H,2-6,8,10,12-13H2,1H3;1H. The monoisotopic (exact) mass is 309 g/mol. The number of rotatable bonds is 3. The van der Waals surface area contributed by atoms with Crippen molar-refractivity contribution in [1.82, 2.24) is 4.90 Å². The van der Waals surface area contributed by atoms with Crippen LogP contribution in [0.15, 0.2) is 18.2 Å². The molecule has 0 aromatic heterocycles. The van der Waals surface area contributed by atoms with E-state index in [9.17, 15) is 5.11 Å². The highest BCUT2D eigenvalue weighted by Crippen LogP contribution is 2.31. The Kier molecular flexibility index (Phi) is 6.09. The molecule has 0 radical (unpaired) electrons. The van der Waals surface area contributed by atoms with E-state index in [2.05, 4.69) is 30.0 Å². The largest absolute Gasteiger partial charge is 0.387 e. The second-order valence-corrected chi connectivity index (χ2v) is 6.47. The summed E-state index contributed by atoms with van der Waals surface area (Å²) in [7, 11) is 0. The van der Waals surface area contributed by atoms with Gasteiger partial charge in [0.1, 0.15) is 0 Å². The van der Waals surface area contributed by atoms with Gasteiger partial charge in [-0.2, -0.15) is 0 Å². The number of aryl methyl sites for hydroxylation is 1. The van der Waals surface area contributed by atoms with Gasteiger partial charge in [-0.25, -0.2) is 0 Å². The zero-order valence-electron chi connectivity index (χ0n) is 13.1. The number of fused-ring (bicyclic) bond motifs is 1. The van der Waals surface area contributed by atoms with Crippen LogP contribution >= 0.6 is 12.4 Å². The molecule has 1 aliphatic heterocycles. The van der Waals surface area contributed by atoms with E-state index >= 15 is 0 Å². The van der Waals surface area contributed by atoms with Crippen LogP contribution in [0.1, 0.15) is 61.8 Å². The topological polar surface area (TPSA) is 23.5 Å². The number of aliphatic hydroxyl groups is 1. The molecule has 2 nitrogen and oxygen atoms in total. The van der Waals surface area contributed by atoms with E-state index in [1.165, 1.54) is 55.2 Å². The molecule has 0 bridgehead atoms. The van der Waals surface area contributed by atoms with E-state index in [-0.39, 0.29) is 24.6 Å². The molecular formula is C18H28ClNO. The first-order valence-electron chi connectivity index (χ1n) is 8.30. The van der Waals surface area contributed by atoms with Crippen molar-refractivity contribution in [3.05, 3.63) is 34.9 Å². The van der Waals surface area contributed by atoms with Gasteiger partial charge in [0.25, 0.3) is 0 Å². The Morgan fingerprint density at radius 3 is 2.48 bits per heavy atom. The van der Waals surface area contributed by atoms with Gasteiger partial charge in [-0.1, -0.05) is 24.6 Å². The first-order chi connectivity index (χ1) is 9.77. The molecule has 2 atom stereocenters. The van der Waals surface area contributed by atoms with Gasteiger partial charge < -0.3 is 5.11 Å². The Balaban J connectivity index is 0.00000161. The molecule has 2 unspecified atom stereocenters. The summed E-state index contributed by atoms with van der Waals surface area (Å²) in [6, 6.07) is 6.76. The highest BCUT2D eigenvalue weighted by atomic mass is 35.5. The molecule has 21 heavy (non-hydrogen) atoms. The average molecular weight is 310 g/mol. The maximum absolute atomic E-state index is 10.9. The Morgan fingerprint density at radius 2 is 1.71 bits per heavy atom. The summed E-state index contributed by atoms with van der Waals surface area (Å²) in [5.41, 5.74) is 4.11. The number of nitrogens with zero attached hydrogens (tertiary/aromatic N) is 1. The summed E-state index contributed by atoms with van der Waals surface area (Å²) >= 11 is 0. The van der Waals surface area contributed by atoms with Crippen LogP contribution in [0.5, 0.6) is 0 Å². The summed E-state index contributed by atoms with van der Waals surface area (Å²) in [4.78, 5) is 2.47. The molecular weight excluding hydrogens is 282 g/mol. The van der Waals surface area contributed by atoms with Crippen LogP contribution in [-0.2, 0) is 12.8 Å². The van der Waals surface area contributed by atoms with Crippen molar-refractivity contribution in [2.75, 3.05) is 13.1 Å². The molecule has 1 aromatic carbocycles. The molecule has 1 aliphatic carbocycles. The van der Waals surface area contributed by atoms with Crippen molar-refractivity contribution >= 4 is 12.4 Å². The lowest BCUT2D eigenvalue weighted by atomic mass is 9.85. The van der Waals surface area contributed by atoms with Gasteiger partial charge in [-0.05, 0) is 75.2 Å². The van der Waals surface area contributed by atoms with Crippen LogP contribution in [0.2, 0.25) is 0 Å². The van der Waals surface area contributed by atoms with Gasteiger partial charge in [0.15, 0.2) is 0 Å². The Hall–Kier alpha value is -0.570. The van der Waals surface area contributed by atoms with Crippen LogP contribution in [0.25, 0.3) is 0 Å². The molecule has 1 aromatic rings. The summed E-state index contributed by atoms with van der Waals surface area (Å²) < 4.78 is 0. The molecule has 2 aliphatic rings. The van der Waals surface area contributed by atoms with E-state index in [1.807, 2.05) is 0 Å². The Bertz CT molecular complexity index is 457. The second kappa shape index (κ2) is 7.62.